The standard InChI is InChI=1S/C12H17N3O3/c1-8(2)18-10-6-13-5-9(15-10)14-7-12(3-4-12)11(16)17/h5-6,8H,3-4,7H2,1-2H3,(H,14,15)(H,16,17). The van der Waals surface area contributed by atoms with E-state index in [4.69, 9.17) is 9.84 Å². The molecule has 98 valence electrons. The van der Waals surface area contributed by atoms with Gasteiger partial charge in [-0.05, 0) is 26.7 Å². The molecule has 1 fully saturated rings. The van der Waals surface area contributed by atoms with Crippen molar-refractivity contribution in [1.82, 2.24) is 9.97 Å². The maximum absolute atomic E-state index is 11.0. The van der Waals surface area contributed by atoms with Crippen LogP contribution in [0.2, 0.25) is 0 Å². The minimum absolute atomic E-state index is 0.0309. The molecule has 0 saturated heterocycles. The number of ether oxygens (including phenoxy) is 1. The molecule has 6 heteroatoms. The molecule has 0 bridgehead atoms. The molecule has 0 atom stereocenters. The molecule has 1 aromatic rings. The number of hydrogen-bond donors (Lipinski definition) is 2. The van der Waals surface area contributed by atoms with E-state index in [1.54, 1.807) is 6.20 Å². The maximum atomic E-state index is 11.0. The lowest BCUT2D eigenvalue weighted by atomic mass is 10.1. The summed E-state index contributed by atoms with van der Waals surface area (Å²) in [6.45, 7) is 4.19. The van der Waals surface area contributed by atoms with Gasteiger partial charge in [0.05, 0.1) is 23.9 Å². The van der Waals surface area contributed by atoms with Crippen molar-refractivity contribution in [2.45, 2.75) is 32.8 Å². The number of carboxylic acid groups (broad SMARTS) is 1. The number of aromatic nitrogens is 2. The van der Waals surface area contributed by atoms with Gasteiger partial charge in [-0.25, -0.2) is 0 Å². The number of aliphatic carboxylic acids is 1. The third-order valence-electron chi connectivity index (χ3n) is 2.88. The summed E-state index contributed by atoms with van der Waals surface area (Å²) >= 11 is 0. The number of carboxylic acids is 1. The van der Waals surface area contributed by atoms with E-state index in [0.29, 0.717) is 31.1 Å². The van der Waals surface area contributed by atoms with E-state index in [0.717, 1.165) is 0 Å². The zero-order valence-corrected chi connectivity index (χ0v) is 10.5. The van der Waals surface area contributed by atoms with E-state index < -0.39 is 11.4 Å². The summed E-state index contributed by atoms with van der Waals surface area (Å²) in [7, 11) is 0. The van der Waals surface area contributed by atoms with E-state index >= 15 is 0 Å². The predicted molar refractivity (Wildman–Crippen MR) is 65.6 cm³/mol. The molecule has 1 aliphatic rings. The van der Waals surface area contributed by atoms with Gasteiger partial charge in [-0.2, -0.15) is 4.98 Å². The number of nitrogens with zero attached hydrogens (tertiary/aromatic N) is 2. The Morgan fingerprint density at radius 2 is 2.28 bits per heavy atom. The SMILES string of the molecule is CC(C)Oc1cncc(NCC2(C(=O)O)CC2)n1. The van der Waals surface area contributed by atoms with Crippen LogP contribution in [0.3, 0.4) is 0 Å². The summed E-state index contributed by atoms with van der Waals surface area (Å²) in [5.74, 6) is 0.230. The fourth-order valence-electron chi connectivity index (χ4n) is 1.61. The second kappa shape index (κ2) is 4.80. The second-order valence-corrected chi connectivity index (χ2v) is 4.85. The van der Waals surface area contributed by atoms with Crippen molar-refractivity contribution in [2.24, 2.45) is 5.41 Å². The van der Waals surface area contributed by atoms with Crippen molar-refractivity contribution in [3.05, 3.63) is 12.4 Å². The Hall–Kier alpha value is -1.85. The van der Waals surface area contributed by atoms with Crippen molar-refractivity contribution in [1.29, 1.82) is 0 Å². The van der Waals surface area contributed by atoms with Crippen molar-refractivity contribution >= 4 is 11.8 Å². The monoisotopic (exact) mass is 251 g/mol. The third-order valence-corrected chi connectivity index (χ3v) is 2.88. The molecule has 1 heterocycles. The number of hydrogen-bond acceptors (Lipinski definition) is 5. The topological polar surface area (TPSA) is 84.3 Å². The van der Waals surface area contributed by atoms with E-state index in [9.17, 15) is 4.79 Å². The van der Waals surface area contributed by atoms with Gasteiger partial charge in [0.15, 0.2) is 0 Å². The molecule has 2 rings (SSSR count). The first-order chi connectivity index (χ1) is 8.52. The zero-order chi connectivity index (χ0) is 13.2. The Morgan fingerprint density at radius 1 is 1.56 bits per heavy atom. The first-order valence-corrected chi connectivity index (χ1v) is 5.98. The van der Waals surface area contributed by atoms with Crippen molar-refractivity contribution in [3.63, 3.8) is 0 Å². The van der Waals surface area contributed by atoms with Gasteiger partial charge in [0.25, 0.3) is 0 Å². The van der Waals surface area contributed by atoms with Crippen molar-refractivity contribution in [2.75, 3.05) is 11.9 Å². The summed E-state index contributed by atoms with van der Waals surface area (Å²) in [6, 6.07) is 0. The molecule has 0 amide bonds. The van der Waals surface area contributed by atoms with Crippen LogP contribution in [0.1, 0.15) is 26.7 Å². The van der Waals surface area contributed by atoms with Crippen LogP contribution in [0.25, 0.3) is 0 Å². The Labute approximate surface area is 105 Å². The Kier molecular flexibility index (Phi) is 3.36. The molecule has 0 aromatic carbocycles. The van der Waals surface area contributed by atoms with Crippen molar-refractivity contribution in [3.8, 4) is 5.88 Å². The van der Waals surface area contributed by atoms with Crippen LogP contribution >= 0.6 is 0 Å². The van der Waals surface area contributed by atoms with Crippen LogP contribution in [0, 0.1) is 5.41 Å². The van der Waals surface area contributed by atoms with Gasteiger partial charge in [-0.1, -0.05) is 0 Å². The van der Waals surface area contributed by atoms with Gasteiger partial charge in [0.1, 0.15) is 5.82 Å². The molecule has 6 nitrogen and oxygen atoms in total. The Balaban J connectivity index is 1.95. The van der Waals surface area contributed by atoms with Crippen LogP contribution in [-0.2, 0) is 4.79 Å². The molecular weight excluding hydrogens is 234 g/mol. The van der Waals surface area contributed by atoms with Gasteiger partial charge in [-0.3, -0.25) is 9.78 Å². The molecule has 18 heavy (non-hydrogen) atoms. The van der Waals surface area contributed by atoms with E-state index in [1.165, 1.54) is 6.20 Å². The van der Waals surface area contributed by atoms with E-state index in [-0.39, 0.29) is 6.10 Å². The van der Waals surface area contributed by atoms with Crippen molar-refractivity contribution < 1.29 is 14.6 Å². The molecule has 0 spiro atoms. The van der Waals surface area contributed by atoms with E-state index in [2.05, 4.69) is 15.3 Å². The lowest BCUT2D eigenvalue weighted by Crippen LogP contribution is -2.24. The van der Waals surface area contributed by atoms with Crippen LogP contribution in [-0.4, -0.2) is 33.7 Å². The molecule has 0 unspecified atom stereocenters. The lowest BCUT2D eigenvalue weighted by Gasteiger charge is -2.13. The van der Waals surface area contributed by atoms with Crippen LogP contribution in [0.4, 0.5) is 5.82 Å². The highest BCUT2D eigenvalue weighted by Crippen LogP contribution is 2.45. The average molecular weight is 251 g/mol. The normalized spacial score (nSPS) is 16.4. The summed E-state index contributed by atoms with van der Waals surface area (Å²) < 4.78 is 5.42. The molecule has 0 aliphatic heterocycles. The van der Waals surface area contributed by atoms with Gasteiger partial charge < -0.3 is 15.2 Å². The highest BCUT2D eigenvalue weighted by atomic mass is 16.5. The molecule has 1 aliphatic carbocycles. The van der Waals surface area contributed by atoms with Gasteiger partial charge in [0, 0.05) is 6.54 Å². The molecular formula is C12H17N3O3. The summed E-state index contributed by atoms with van der Waals surface area (Å²) in [5, 5.41) is 12.1. The minimum atomic E-state index is -0.752. The van der Waals surface area contributed by atoms with Gasteiger partial charge in [0.2, 0.25) is 5.88 Å². The lowest BCUT2D eigenvalue weighted by molar-refractivity contribution is -0.142. The number of anilines is 1. The first kappa shape index (κ1) is 12.6. The number of rotatable bonds is 6. The average Bonchev–Trinajstić information content (AvgIpc) is 3.07. The molecule has 2 N–H and O–H groups in total. The quantitative estimate of drug-likeness (QED) is 0.797. The van der Waals surface area contributed by atoms with Gasteiger partial charge >= 0.3 is 5.97 Å². The largest absolute Gasteiger partial charge is 0.481 e. The molecule has 0 radical (unpaired) electrons. The fourth-order valence-corrected chi connectivity index (χ4v) is 1.61. The highest BCUT2D eigenvalue weighted by Gasteiger charge is 2.50. The summed E-state index contributed by atoms with van der Waals surface area (Å²) in [6.07, 6.45) is 4.55. The third kappa shape index (κ3) is 2.88. The first-order valence-electron chi connectivity index (χ1n) is 5.98. The second-order valence-electron chi connectivity index (χ2n) is 4.85. The Morgan fingerprint density at radius 3 is 2.83 bits per heavy atom. The number of carbonyl (C=O) groups is 1. The Bertz CT molecular complexity index is 444. The van der Waals surface area contributed by atoms with Crippen LogP contribution in [0.15, 0.2) is 12.4 Å². The number of nitrogens with one attached hydrogen (secondary N) is 1. The minimum Gasteiger partial charge on any atom is -0.481 e. The molecule has 1 aromatic heterocycles. The van der Waals surface area contributed by atoms with Crippen LogP contribution in [0.5, 0.6) is 5.88 Å². The highest BCUT2D eigenvalue weighted by molar-refractivity contribution is 5.78. The smallest absolute Gasteiger partial charge is 0.311 e. The predicted octanol–water partition coefficient (Wildman–Crippen LogP) is 1.54. The molecule has 1 saturated carbocycles. The van der Waals surface area contributed by atoms with Gasteiger partial charge in [-0.15, -0.1) is 0 Å². The van der Waals surface area contributed by atoms with E-state index in [1.807, 2.05) is 13.8 Å². The summed E-state index contributed by atoms with van der Waals surface area (Å²) in [5.41, 5.74) is -0.614. The maximum Gasteiger partial charge on any atom is 0.311 e. The van der Waals surface area contributed by atoms with Crippen LogP contribution < -0.4 is 10.1 Å². The fraction of sp³-hybridized carbons (Fsp3) is 0.583. The zero-order valence-electron chi connectivity index (χ0n) is 10.5. The summed E-state index contributed by atoms with van der Waals surface area (Å²) in [4.78, 5) is 19.2.